The Bertz CT molecular complexity index is 441. The van der Waals surface area contributed by atoms with Gasteiger partial charge in [0.05, 0.1) is 24.9 Å². The zero-order valence-electron chi connectivity index (χ0n) is 16.9. The Morgan fingerprint density at radius 2 is 2.00 bits per heavy atom. The molecule has 2 fully saturated rings. The third kappa shape index (κ3) is 7.42. The maximum absolute atomic E-state index is 9.84. The van der Waals surface area contributed by atoms with Gasteiger partial charge in [0.2, 0.25) is 0 Å². The number of hydrogen-bond acceptors (Lipinski definition) is 4. The van der Waals surface area contributed by atoms with Crippen LogP contribution in [0.2, 0.25) is 0 Å². The van der Waals surface area contributed by atoms with Crippen LogP contribution in [0.1, 0.15) is 72.1 Å². The van der Waals surface area contributed by atoms with Crippen molar-refractivity contribution in [2.45, 2.75) is 96.7 Å². The van der Waals surface area contributed by atoms with Crippen LogP contribution in [0.25, 0.3) is 0 Å². The van der Waals surface area contributed by atoms with Crippen LogP contribution in [-0.4, -0.2) is 36.3 Å². The van der Waals surface area contributed by atoms with Gasteiger partial charge in [-0.3, -0.25) is 0 Å². The summed E-state index contributed by atoms with van der Waals surface area (Å²) in [6.07, 6.45) is 12.7. The van der Waals surface area contributed by atoms with Gasteiger partial charge >= 0.3 is 0 Å². The first kappa shape index (κ1) is 21.5. The van der Waals surface area contributed by atoms with Crippen LogP contribution in [-0.2, 0) is 14.2 Å². The lowest BCUT2D eigenvalue weighted by Gasteiger charge is -2.37. The van der Waals surface area contributed by atoms with Gasteiger partial charge in [-0.05, 0) is 57.9 Å². The molecule has 5 atom stereocenters. The van der Waals surface area contributed by atoms with Gasteiger partial charge in [0.1, 0.15) is 5.76 Å². The van der Waals surface area contributed by atoms with Crippen molar-refractivity contribution in [1.82, 2.24) is 0 Å². The Hall–Kier alpha value is -0.840. The van der Waals surface area contributed by atoms with Crippen molar-refractivity contribution in [2.24, 2.45) is 11.8 Å². The highest BCUT2D eigenvalue weighted by molar-refractivity contribution is 5.07. The number of rotatable bonds is 9. The van der Waals surface area contributed by atoms with E-state index in [1.165, 1.54) is 32.1 Å². The van der Waals surface area contributed by atoms with E-state index in [1.54, 1.807) is 0 Å². The summed E-state index contributed by atoms with van der Waals surface area (Å²) in [6.45, 7) is 10.8. The molecule has 4 nitrogen and oxygen atoms in total. The van der Waals surface area contributed by atoms with Crippen molar-refractivity contribution in [3.05, 3.63) is 24.5 Å². The normalized spacial score (nSPS) is 31.8. The Labute approximate surface area is 159 Å². The number of ether oxygens (including phenoxy) is 3. The van der Waals surface area contributed by atoms with E-state index in [4.69, 9.17) is 14.2 Å². The predicted molar refractivity (Wildman–Crippen MR) is 105 cm³/mol. The second kappa shape index (κ2) is 11.1. The number of aliphatic hydroxyl groups excluding tert-OH is 1. The van der Waals surface area contributed by atoms with Crippen LogP contribution in [0, 0.1) is 11.8 Å². The Balaban J connectivity index is 1.59. The highest BCUT2D eigenvalue weighted by atomic mass is 16.7. The van der Waals surface area contributed by atoms with Gasteiger partial charge < -0.3 is 19.3 Å². The Morgan fingerprint density at radius 1 is 1.27 bits per heavy atom. The summed E-state index contributed by atoms with van der Waals surface area (Å²) in [6, 6.07) is 0. The molecule has 0 radical (unpaired) electrons. The zero-order valence-corrected chi connectivity index (χ0v) is 16.9. The fraction of sp³-hybridized carbons (Fsp3) is 0.818. The van der Waals surface area contributed by atoms with Crippen molar-refractivity contribution >= 4 is 0 Å². The first-order valence-electron chi connectivity index (χ1n) is 10.4. The maximum Gasteiger partial charge on any atom is 0.161 e. The summed E-state index contributed by atoms with van der Waals surface area (Å²) in [4.78, 5) is 0. The Kier molecular flexibility index (Phi) is 9.17. The maximum atomic E-state index is 9.84. The van der Waals surface area contributed by atoms with Gasteiger partial charge in [-0.1, -0.05) is 38.8 Å². The van der Waals surface area contributed by atoms with Crippen LogP contribution < -0.4 is 0 Å². The molecule has 26 heavy (non-hydrogen) atoms. The summed E-state index contributed by atoms with van der Waals surface area (Å²) < 4.78 is 17.6. The van der Waals surface area contributed by atoms with Crippen LogP contribution in [0.15, 0.2) is 24.5 Å². The summed E-state index contributed by atoms with van der Waals surface area (Å²) in [7, 11) is 0. The molecule has 1 saturated carbocycles. The Morgan fingerprint density at radius 3 is 2.73 bits per heavy atom. The van der Waals surface area contributed by atoms with E-state index >= 15 is 0 Å². The SMILES string of the molecule is C=C(/C=C/CC[C@@H](C)O[C@@H]1O[C@@H](C)[C@H](O)C[C@H]1C)OCC1CCCCC1. The first-order chi connectivity index (χ1) is 12.5. The van der Waals surface area contributed by atoms with Crippen molar-refractivity contribution in [3.8, 4) is 0 Å². The standard InChI is InChI=1S/C22H38O4/c1-16-14-21(23)19(4)26-22(16)25-18(3)11-9-8-10-17(2)24-15-20-12-6-5-7-13-20/h8,10,16,18-23H,2,5-7,9,11-15H2,1,3-4H3/b10-8+/t16-,18-,19+,21-,22-/m1/s1. The van der Waals surface area contributed by atoms with Gasteiger partial charge in [-0.15, -0.1) is 0 Å². The minimum atomic E-state index is -0.386. The topological polar surface area (TPSA) is 47.9 Å². The van der Waals surface area contributed by atoms with Gasteiger partial charge in [0.15, 0.2) is 6.29 Å². The van der Waals surface area contributed by atoms with E-state index in [0.29, 0.717) is 5.92 Å². The van der Waals surface area contributed by atoms with Crippen LogP contribution in [0.5, 0.6) is 0 Å². The van der Waals surface area contributed by atoms with E-state index < -0.39 is 0 Å². The van der Waals surface area contributed by atoms with Gasteiger partial charge in [0.25, 0.3) is 0 Å². The lowest BCUT2D eigenvalue weighted by molar-refractivity contribution is -0.255. The molecule has 0 aromatic rings. The summed E-state index contributed by atoms with van der Waals surface area (Å²) in [5, 5.41) is 9.84. The van der Waals surface area contributed by atoms with Gasteiger partial charge in [0, 0.05) is 5.92 Å². The molecule has 0 amide bonds. The lowest BCUT2D eigenvalue weighted by Crippen LogP contribution is -2.44. The van der Waals surface area contributed by atoms with Crippen molar-refractivity contribution in [1.29, 1.82) is 0 Å². The molecule has 1 saturated heterocycles. The average Bonchev–Trinajstić information content (AvgIpc) is 2.62. The largest absolute Gasteiger partial charge is 0.494 e. The van der Waals surface area contributed by atoms with Crippen molar-refractivity contribution in [2.75, 3.05) is 6.61 Å². The van der Waals surface area contributed by atoms with Gasteiger partial charge in [-0.25, -0.2) is 0 Å². The fourth-order valence-electron chi connectivity index (χ4n) is 3.76. The van der Waals surface area contributed by atoms with Crippen LogP contribution >= 0.6 is 0 Å². The van der Waals surface area contributed by atoms with Gasteiger partial charge in [-0.2, -0.15) is 0 Å². The van der Waals surface area contributed by atoms with Crippen molar-refractivity contribution < 1.29 is 19.3 Å². The predicted octanol–water partition coefficient (Wildman–Crippen LogP) is 4.97. The van der Waals surface area contributed by atoms with E-state index in [-0.39, 0.29) is 30.5 Å². The monoisotopic (exact) mass is 366 g/mol. The molecule has 0 unspecified atom stereocenters. The molecule has 1 aliphatic carbocycles. The molecule has 1 aliphatic heterocycles. The average molecular weight is 367 g/mol. The molecule has 4 heteroatoms. The third-order valence-corrected chi connectivity index (χ3v) is 5.61. The smallest absolute Gasteiger partial charge is 0.161 e. The van der Waals surface area contributed by atoms with E-state index in [1.807, 2.05) is 13.0 Å². The molecule has 0 aromatic carbocycles. The number of allylic oxidation sites excluding steroid dienone is 2. The second-order valence-electron chi connectivity index (χ2n) is 8.20. The van der Waals surface area contributed by atoms with Crippen molar-refractivity contribution in [3.63, 3.8) is 0 Å². The minimum Gasteiger partial charge on any atom is -0.494 e. The summed E-state index contributed by atoms with van der Waals surface area (Å²) in [5.74, 6) is 1.68. The second-order valence-corrected chi connectivity index (χ2v) is 8.20. The lowest BCUT2D eigenvalue weighted by atomic mass is 9.90. The molecule has 1 N–H and O–H groups in total. The molecule has 2 aliphatic rings. The minimum absolute atomic E-state index is 0.117. The third-order valence-electron chi connectivity index (χ3n) is 5.61. The summed E-state index contributed by atoms with van der Waals surface area (Å²) in [5.41, 5.74) is 0. The molecule has 0 spiro atoms. The van der Waals surface area contributed by atoms with Crippen LogP contribution in [0.4, 0.5) is 0 Å². The molecule has 2 rings (SSSR count). The van der Waals surface area contributed by atoms with E-state index in [0.717, 1.165) is 31.6 Å². The molecule has 150 valence electrons. The molecule has 1 heterocycles. The number of aliphatic hydroxyl groups is 1. The van der Waals surface area contributed by atoms with Crippen LogP contribution in [0.3, 0.4) is 0 Å². The van der Waals surface area contributed by atoms with E-state index in [9.17, 15) is 5.11 Å². The fourth-order valence-corrected chi connectivity index (χ4v) is 3.76. The zero-order chi connectivity index (χ0) is 18.9. The quantitative estimate of drug-likeness (QED) is 0.462. The van der Waals surface area contributed by atoms with E-state index in [2.05, 4.69) is 26.5 Å². The molecule has 0 aromatic heterocycles. The molecular formula is C22H38O4. The number of hydrogen-bond donors (Lipinski definition) is 1. The highest BCUT2D eigenvalue weighted by Gasteiger charge is 2.33. The first-order valence-corrected chi connectivity index (χ1v) is 10.4. The highest BCUT2D eigenvalue weighted by Crippen LogP contribution is 2.27. The summed E-state index contributed by atoms with van der Waals surface area (Å²) >= 11 is 0. The molecular weight excluding hydrogens is 328 g/mol. The molecule has 0 bridgehead atoms.